The number of nitrogens with one attached hydrogen (secondary N) is 2. The summed E-state index contributed by atoms with van der Waals surface area (Å²) >= 11 is 0. The van der Waals surface area contributed by atoms with Gasteiger partial charge >= 0.3 is 5.97 Å². The zero-order valence-electron chi connectivity index (χ0n) is 15.4. The van der Waals surface area contributed by atoms with E-state index in [4.69, 9.17) is 4.74 Å². The van der Waals surface area contributed by atoms with E-state index in [0.29, 0.717) is 6.42 Å². The minimum absolute atomic E-state index is 0.163. The molecule has 1 aliphatic heterocycles. The lowest BCUT2D eigenvalue weighted by molar-refractivity contribution is -0.143. The maximum atomic E-state index is 12.1. The quantitative estimate of drug-likeness (QED) is 0.542. The highest BCUT2D eigenvalue weighted by Crippen LogP contribution is 2.34. The number of fused-ring (bicyclic) bond motifs is 3. The second-order valence-corrected chi connectivity index (χ2v) is 7.12. The fraction of sp³-hybridized carbons (Fsp3) is 0.571. The lowest BCUT2D eigenvalue weighted by Crippen LogP contribution is -2.45. The molecule has 0 amide bonds. The first-order valence-corrected chi connectivity index (χ1v) is 9.68. The van der Waals surface area contributed by atoms with Crippen LogP contribution in [-0.2, 0) is 16.0 Å². The molecule has 0 bridgehead atoms. The van der Waals surface area contributed by atoms with Crippen LogP contribution in [0.25, 0.3) is 10.9 Å². The SMILES string of the molecule is CCCCCCCCC1NC(C(=O)OC)Cc2c1[nH]c1ccccc21. The molecule has 3 rings (SSSR count). The van der Waals surface area contributed by atoms with Crippen LogP contribution in [0.5, 0.6) is 0 Å². The number of para-hydroxylation sites is 1. The molecule has 25 heavy (non-hydrogen) atoms. The van der Waals surface area contributed by atoms with Crippen molar-refractivity contribution in [3.8, 4) is 0 Å². The Bertz CT molecular complexity index is 707. The van der Waals surface area contributed by atoms with Crippen molar-refractivity contribution in [2.24, 2.45) is 0 Å². The van der Waals surface area contributed by atoms with Gasteiger partial charge in [-0.1, -0.05) is 63.6 Å². The second kappa shape index (κ2) is 8.52. The van der Waals surface area contributed by atoms with Gasteiger partial charge < -0.3 is 9.72 Å². The van der Waals surface area contributed by atoms with Gasteiger partial charge in [-0.25, -0.2) is 0 Å². The zero-order chi connectivity index (χ0) is 17.6. The van der Waals surface area contributed by atoms with E-state index in [2.05, 4.69) is 41.5 Å². The molecular weight excluding hydrogens is 312 g/mol. The van der Waals surface area contributed by atoms with E-state index < -0.39 is 0 Å². The number of carbonyl (C=O) groups excluding carboxylic acids is 1. The Kier molecular flexibility index (Phi) is 6.14. The fourth-order valence-electron chi connectivity index (χ4n) is 3.98. The average molecular weight is 342 g/mol. The zero-order valence-corrected chi connectivity index (χ0v) is 15.4. The van der Waals surface area contributed by atoms with E-state index in [0.717, 1.165) is 11.9 Å². The molecule has 0 saturated carbocycles. The second-order valence-electron chi connectivity index (χ2n) is 7.12. The third-order valence-electron chi connectivity index (χ3n) is 5.34. The minimum atomic E-state index is -0.248. The number of rotatable bonds is 8. The van der Waals surface area contributed by atoms with Crippen molar-refractivity contribution < 1.29 is 9.53 Å². The lowest BCUT2D eigenvalue weighted by Gasteiger charge is -2.30. The third kappa shape index (κ3) is 4.06. The molecule has 2 heterocycles. The minimum Gasteiger partial charge on any atom is -0.468 e. The third-order valence-corrected chi connectivity index (χ3v) is 5.34. The normalized spacial score (nSPS) is 19.8. The van der Waals surface area contributed by atoms with Gasteiger partial charge in [0.05, 0.1) is 7.11 Å². The lowest BCUT2D eigenvalue weighted by atomic mass is 9.91. The molecule has 1 aromatic carbocycles. The number of benzene rings is 1. The van der Waals surface area contributed by atoms with Gasteiger partial charge in [-0.3, -0.25) is 10.1 Å². The molecule has 0 aliphatic carbocycles. The summed E-state index contributed by atoms with van der Waals surface area (Å²) in [7, 11) is 1.47. The fourth-order valence-corrected chi connectivity index (χ4v) is 3.98. The van der Waals surface area contributed by atoms with Gasteiger partial charge in [-0.15, -0.1) is 0 Å². The van der Waals surface area contributed by atoms with E-state index in [9.17, 15) is 4.79 Å². The number of H-pyrrole nitrogens is 1. The number of hydrogen-bond donors (Lipinski definition) is 2. The Morgan fingerprint density at radius 2 is 1.92 bits per heavy atom. The molecule has 0 saturated heterocycles. The van der Waals surface area contributed by atoms with E-state index >= 15 is 0 Å². The van der Waals surface area contributed by atoms with Crippen LogP contribution < -0.4 is 5.32 Å². The van der Waals surface area contributed by atoms with Gasteiger partial charge in [0.25, 0.3) is 0 Å². The van der Waals surface area contributed by atoms with E-state index in [1.54, 1.807) is 0 Å². The van der Waals surface area contributed by atoms with Gasteiger partial charge in [0.15, 0.2) is 0 Å². The van der Waals surface area contributed by atoms with Crippen LogP contribution in [0.3, 0.4) is 0 Å². The first-order chi connectivity index (χ1) is 12.2. The van der Waals surface area contributed by atoms with Gasteiger partial charge in [-0.05, 0) is 18.1 Å². The summed E-state index contributed by atoms with van der Waals surface area (Å²) in [5, 5.41) is 4.75. The smallest absolute Gasteiger partial charge is 0.323 e. The van der Waals surface area contributed by atoms with Crippen LogP contribution in [0, 0.1) is 0 Å². The van der Waals surface area contributed by atoms with Crippen molar-refractivity contribution in [1.29, 1.82) is 0 Å². The molecule has 2 N–H and O–H groups in total. The molecule has 0 fully saturated rings. The molecule has 0 spiro atoms. The predicted molar refractivity (Wildman–Crippen MR) is 102 cm³/mol. The number of aromatic amines is 1. The number of methoxy groups -OCH3 is 1. The number of aromatic nitrogens is 1. The molecule has 4 nitrogen and oxygen atoms in total. The molecule has 2 aromatic rings. The van der Waals surface area contributed by atoms with Crippen LogP contribution >= 0.6 is 0 Å². The molecule has 136 valence electrons. The standard InChI is InChI=1S/C21H30N2O2/c1-3-4-5-6-7-8-13-18-20-16(14-19(22-18)21(24)25-2)15-11-9-10-12-17(15)23-20/h9-12,18-19,22-23H,3-8,13-14H2,1-2H3. The van der Waals surface area contributed by atoms with E-state index in [1.807, 2.05) is 0 Å². The first-order valence-electron chi connectivity index (χ1n) is 9.68. The Hall–Kier alpha value is -1.81. The molecular formula is C21H30N2O2. The summed E-state index contributed by atoms with van der Waals surface area (Å²) in [4.78, 5) is 15.7. The largest absolute Gasteiger partial charge is 0.468 e. The Morgan fingerprint density at radius 3 is 2.72 bits per heavy atom. The van der Waals surface area contributed by atoms with Crippen molar-refractivity contribution in [3.05, 3.63) is 35.5 Å². The molecule has 1 aliphatic rings. The number of hydrogen-bond acceptors (Lipinski definition) is 3. The summed E-state index contributed by atoms with van der Waals surface area (Å²) in [5.41, 5.74) is 3.70. The summed E-state index contributed by atoms with van der Waals surface area (Å²) in [6, 6.07) is 8.33. The van der Waals surface area contributed by atoms with Crippen molar-refractivity contribution in [2.45, 2.75) is 70.4 Å². The van der Waals surface area contributed by atoms with Gasteiger partial charge in [-0.2, -0.15) is 0 Å². The molecule has 4 heteroatoms. The van der Waals surface area contributed by atoms with Crippen molar-refractivity contribution in [3.63, 3.8) is 0 Å². The van der Waals surface area contributed by atoms with Gasteiger partial charge in [0.2, 0.25) is 0 Å². The van der Waals surface area contributed by atoms with Crippen LogP contribution in [0.2, 0.25) is 0 Å². The topological polar surface area (TPSA) is 54.1 Å². The van der Waals surface area contributed by atoms with Gasteiger partial charge in [0, 0.05) is 29.1 Å². The Balaban J connectivity index is 1.74. The summed E-state index contributed by atoms with van der Waals surface area (Å²) in [6.45, 7) is 2.25. The first kappa shape index (κ1) is 18.0. The average Bonchev–Trinajstić information content (AvgIpc) is 3.02. The number of carbonyl (C=O) groups is 1. The number of ether oxygens (including phenoxy) is 1. The highest BCUT2D eigenvalue weighted by molar-refractivity contribution is 5.87. The Labute approximate surface area is 150 Å². The van der Waals surface area contributed by atoms with E-state index in [-0.39, 0.29) is 18.1 Å². The van der Waals surface area contributed by atoms with Crippen molar-refractivity contribution >= 4 is 16.9 Å². The molecule has 2 atom stereocenters. The van der Waals surface area contributed by atoms with Crippen LogP contribution in [0.4, 0.5) is 0 Å². The summed E-state index contributed by atoms with van der Waals surface area (Å²) in [5.74, 6) is -0.163. The van der Waals surface area contributed by atoms with Crippen molar-refractivity contribution in [1.82, 2.24) is 10.3 Å². The van der Waals surface area contributed by atoms with Crippen molar-refractivity contribution in [2.75, 3.05) is 7.11 Å². The highest BCUT2D eigenvalue weighted by Gasteiger charge is 2.33. The number of unbranched alkanes of at least 4 members (excludes halogenated alkanes) is 5. The monoisotopic (exact) mass is 342 g/mol. The van der Waals surface area contributed by atoms with Gasteiger partial charge in [0.1, 0.15) is 6.04 Å². The summed E-state index contributed by atoms with van der Waals surface area (Å²) < 4.78 is 5.00. The molecule has 2 unspecified atom stereocenters. The van der Waals surface area contributed by atoms with Crippen LogP contribution in [0.1, 0.15) is 69.2 Å². The molecule has 0 radical (unpaired) electrons. The maximum absolute atomic E-state index is 12.1. The molecule has 1 aromatic heterocycles. The highest BCUT2D eigenvalue weighted by atomic mass is 16.5. The maximum Gasteiger partial charge on any atom is 0.323 e. The Morgan fingerprint density at radius 1 is 1.16 bits per heavy atom. The van der Waals surface area contributed by atoms with Crippen LogP contribution in [-0.4, -0.2) is 24.1 Å². The summed E-state index contributed by atoms with van der Waals surface area (Å²) in [6.07, 6.45) is 9.44. The number of esters is 1. The van der Waals surface area contributed by atoms with Crippen LogP contribution in [0.15, 0.2) is 24.3 Å². The van der Waals surface area contributed by atoms with E-state index in [1.165, 1.54) is 62.3 Å². The predicted octanol–water partition coefficient (Wildman–Crippen LogP) is 4.65.